The Balaban J connectivity index is 4.60. The van der Waals surface area contributed by atoms with Gasteiger partial charge in [0.1, 0.15) is 6.10 Å². The van der Waals surface area contributed by atoms with E-state index in [-0.39, 0.29) is 24.9 Å². The predicted molar refractivity (Wildman–Crippen MR) is 305 cm³/mol. The molecule has 0 aliphatic heterocycles. The van der Waals surface area contributed by atoms with Crippen LogP contribution in [0.1, 0.15) is 310 Å². The number of amides is 1. The highest BCUT2D eigenvalue weighted by atomic mass is 16.5. The molecule has 6 heteroatoms. The van der Waals surface area contributed by atoms with E-state index in [1.807, 2.05) is 0 Å². The number of carbonyl (C=O) groups excluding carboxylic acids is 2. The van der Waals surface area contributed by atoms with Crippen LogP contribution >= 0.6 is 0 Å². The Bertz CT molecular complexity index is 1240. The van der Waals surface area contributed by atoms with E-state index < -0.39 is 18.2 Å². The minimum absolute atomic E-state index is 0.0650. The molecule has 0 radical (unpaired) electrons. The second kappa shape index (κ2) is 57.5. The van der Waals surface area contributed by atoms with Crippen LogP contribution in [-0.2, 0) is 14.3 Å². The zero-order valence-electron chi connectivity index (χ0n) is 46.7. The van der Waals surface area contributed by atoms with E-state index in [0.717, 1.165) is 83.5 Å². The van der Waals surface area contributed by atoms with Crippen molar-refractivity contribution in [2.75, 3.05) is 6.61 Å². The predicted octanol–water partition coefficient (Wildman–Crippen LogP) is 19.1. The van der Waals surface area contributed by atoms with Crippen LogP contribution in [0, 0.1) is 0 Å². The quantitative estimate of drug-likeness (QED) is 0.0244. The largest absolute Gasteiger partial charge is 0.462 e. The van der Waals surface area contributed by atoms with Crippen LogP contribution in [0.5, 0.6) is 0 Å². The summed E-state index contributed by atoms with van der Waals surface area (Å²) >= 11 is 0. The number of ether oxygens (including phenoxy) is 1. The van der Waals surface area contributed by atoms with E-state index in [0.29, 0.717) is 19.3 Å². The molecule has 0 bridgehead atoms. The van der Waals surface area contributed by atoms with Crippen molar-refractivity contribution < 1.29 is 24.5 Å². The van der Waals surface area contributed by atoms with Crippen LogP contribution in [-0.4, -0.2) is 46.9 Å². The zero-order chi connectivity index (χ0) is 50.9. The number of esters is 1. The lowest BCUT2D eigenvalue weighted by Gasteiger charge is -2.24. The van der Waals surface area contributed by atoms with Crippen LogP contribution in [0.2, 0.25) is 0 Å². The van der Waals surface area contributed by atoms with Gasteiger partial charge in [-0.3, -0.25) is 9.59 Å². The van der Waals surface area contributed by atoms with Crippen molar-refractivity contribution in [3.63, 3.8) is 0 Å². The van der Waals surface area contributed by atoms with Crippen LogP contribution in [0.3, 0.4) is 0 Å². The summed E-state index contributed by atoms with van der Waals surface area (Å²) in [5, 5.41) is 23.9. The Morgan fingerprint density at radius 2 is 0.743 bits per heavy atom. The SMILES string of the molecule is CCCCC/C=C/C=C/C=C/C=C/CCCCCCCC(=O)OC(CCCCCCCCC/C=C/CCCCCCCC)CC(=O)NC(CO)C(O)CCCCCCCCCCCCCCCCCC. The van der Waals surface area contributed by atoms with Gasteiger partial charge < -0.3 is 20.3 Å². The molecule has 0 aliphatic rings. The van der Waals surface area contributed by atoms with Crippen molar-refractivity contribution in [1.82, 2.24) is 5.32 Å². The molecule has 0 fully saturated rings. The second-order valence-electron chi connectivity index (χ2n) is 20.8. The van der Waals surface area contributed by atoms with E-state index in [2.05, 4.69) is 86.8 Å². The number of aliphatic hydroxyl groups is 2. The molecule has 0 aromatic heterocycles. The average molecular weight is 981 g/mol. The third-order valence-electron chi connectivity index (χ3n) is 13.9. The van der Waals surface area contributed by atoms with Crippen molar-refractivity contribution in [3.8, 4) is 0 Å². The van der Waals surface area contributed by atoms with Crippen molar-refractivity contribution in [2.24, 2.45) is 0 Å². The Labute approximate surface area is 435 Å². The van der Waals surface area contributed by atoms with E-state index in [1.165, 1.54) is 180 Å². The molecule has 408 valence electrons. The highest BCUT2D eigenvalue weighted by Gasteiger charge is 2.24. The zero-order valence-corrected chi connectivity index (χ0v) is 46.7. The lowest BCUT2D eigenvalue weighted by Crippen LogP contribution is -2.46. The number of rotatable bonds is 55. The van der Waals surface area contributed by atoms with Gasteiger partial charge in [0.05, 0.1) is 25.2 Å². The summed E-state index contributed by atoms with van der Waals surface area (Å²) in [5.41, 5.74) is 0. The van der Waals surface area contributed by atoms with Crippen molar-refractivity contribution >= 4 is 11.9 Å². The minimum Gasteiger partial charge on any atom is -0.462 e. The average Bonchev–Trinajstić information content (AvgIpc) is 3.35. The van der Waals surface area contributed by atoms with Gasteiger partial charge in [0.15, 0.2) is 0 Å². The number of nitrogens with one attached hydrogen (secondary N) is 1. The molecule has 0 saturated carbocycles. The standard InChI is InChI=1S/C64H117NO5/c1-4-7-10-13-16-19-22-25-28-31-33-36-39-42-45-48-51-54-57-64(69)70-60(55-52-49-46-43-40-37-34-32-29-26-23-20-17-14-11-8-5-2)58-63(68)65-61(59-66)62(67)56-53-50-47-44-41-38-35-30-27-24-21-18-15-12-9-6-3/h16,19,22,25-26,28-29,31,33,36,60-62,66-67H,4-15,17-18,20-21,23-24,27,30,32,34-35,37-59H2,1-3H3,(H,65,68)/b19-16+,25-22+,29-26+,31-28+,36-33+. The first-order valence-corrected chi connectivity index (χ1v) is 30.6. The second-order valence-corrected chi connectivity index (χ2v) is 20.8. The summed E-state index contributed by atoms with van der Waals surface area (Å²) in [5.74, 6) is -0.493. The molecule has 0 aromatic carbocycles. The van der Waals surface area contributed by atoms with E-state index in [9.17, 15) is 19.8 Å². The maximum atomic E-state index is 13.3. The minimum atomic E-state index is -0.796. The Kier molecular flexibility index (Phi) is 55.5. The summed E-state index contributed by atoms with van der Waals surface area (Å²) in [7, 11) is 0. The van der Waals surface area contributed by atoms with Crippen LogP contribution in [0.15, 0.2) is 60.8 Å². The molecule has 3 atom stereocenters. The van der Waals surface area contributed by atoms with Gasteiger partial charge in [-0.2, -0.15) is 0 Å². The van der Waals surface area contributed by atoms with Crippen molar-refractivity contribution in [3.05, 3.63) is 60.8 Å². The first-order chi connectivity index (χ1) is 34.5. The summed E-state index contributed by atoms with van der Waals surface area (Å²) in [6, 6.07) is -0.711. The molecular formula is C64H117NO5. The fraction of sp³-hybridized carbons (Fsp3) is 0.812. The molecule has 3 unspecified atom stereocenters. The maximum absolute atomic E-state index is 13.3. The first kappa shape index (κ1) is 67.6. The third-order valence-corrected chi connectivity index (χ3v) is 13.9. The number of carbonyl (C=O) groups is 2. The Morgan fingerprint density at radius 1 is 0.414 bits per heavy atom. The summed E-state index contributed by atoms with van der Waals surface area (Å²) in [4.78, 5) is 26.3. The lowest BCUT2D eigenvalue weighted by molar-refractivity contribution is -0.151. The van der Waals surface area contributed by atoms with Gasteiger partial charge in [-0.05, 0) is 77.0 Å². The molecule has 0 aliphatic carbocycles. The summed E-state index contributed by atoms with van der Waals surface area (Å²) in [6.07, 6.45) is 72.8. The lowest BCUT2D eigenvalue weighted by atomic mass is 10.0. The summed E-state index contributed by atoms with van der Waals surface area (Å²) < 4.78 is 5.97. The third kappa shape index (κ3) is 51.9. The molecule has 0 saturated heterocycles. The molecule has 1 amide bonds. The smallest absolute Gasteiger partial charge is 0.306 e. The molecule has 6 nitrogen and oxygen atoms in total. The van der Waals surface area contributed by atoms with Crippen LogP contribution < -0.4 is 5.32 Å². The van der Waals surface area contributed by atoms with Gasteiger partial charge in [0.2, 0.25) is 5.91 Å². The number of hydrogen-bond donors (Lipinski definition) is 3. The van der Waals surface area contributed by atoms with Gasteiger partial charge in [-0.25, -0.2) is 0 Å². The van der Waals surface area contributed by atoms with Gasteiger partial charge in [0, 0.05) is 6.42 Å². The number of unbranched alkanes of at least 4 members (excludes halogenated alkanes) is 36. The molecule has 0 aromatic rings. The fourth-order valence-corrected chi connectivity index (χ4v) is 9.26. The van der Waals surface area contributed by atoms with Crippen molar-refractivity contribution in [2.45, 2.75) is 328 Å². The normalized spacial score (nSPS) is 13.5. The Morgan fingerprint density at radius 3 is 1.17 bits per heavy atom. The molecule has 70 heavy (non-hydrogen) atoms. The number of hydrogen-bond acceptors (Lipinski definition) is 5. The van der Waals surface area contributed by atoms with Gasteiger partial charge in [-0.15, -0.1) is 0 Å². The fourth-order valence-electron chi connectivity index (χ4n) is 9.26. The maximum Gasteiger partial charge on any atom is 0.306 e. The van der Waals surface area contributed by atoms with Crippen molar-refractivity contribution in [1.29, 1.82) is 0 Å². The van der Waals surface area contributed by atoms with Gasteiger partial charge >= 0.3 is 5.97 Å². The van der Waals surface area contributed by atoms with Gasteiger partial charge in [-0.1, -0.05) is 281 Å². The van der Waals surface area contributed by atoms with Crippen LogP contribution in [0.4, 0.5) is 0 Å². The molecular weight excluding hydrogens is 863 g/mol. The highest BCUT2D eigenvalue weighted by Crippen LogP contribution is 2.19. The number of allylic oxidation sites excluding steroid dienone is 10. The monoisotopic (exact) mass is 980 g/mol. The van der Waals surface area contributed by atoms with E-state index in [4.69, 9.17) is 4.74 Å². The number of aliphatic hydroxyl groups excluding tert-OH is 2. The highest BCUT2D eigenvalue weighted by molar-refractivity contribution is 5.77. The molecule has 3 N–H and O–H groups in total. The van der Waals surface area contributed by atoms with E-state index >= 15 is 0 Å². The Hall–Kier alpha value is -2.44. The topological polar surface area (TPSA) is 95.9 Å². The first-order valence-electron chi connectivity index (χ1n) is 30.6. The van der Waals surface area contributed by atoms with Crippen LogP contribution in [0.25, 0.3) is 0 Å². The molecule has 0 rings (SSSR count). The van der Waals surface area contributed by atoms with Gasteiger partial charge in [0.25, 0.3) is 0 Å². The summed E-state index contributed by atoms with van der Waals surface area (Å²) in [6.45, 7) is 6.47. The van der Waals surface area contributed by atoms with E-state index in [1.54, 1.807) is 0 Å². The molecule has 0 spiro atoms. The molecule has 0 heterocycles.